The molecule has 5 rings (SSSR count). The van der Waals surface area contributed by atoms with Crippen LogP contribution in [0.5, 0.6) is 0 Å². The number of carbonyl (C=O) groups excluding carboxylic acids is 2. The van der Waals surface area contributed by atoms with E-state index in [2.05, 4.69) is 6.92 Å². The Labute approximate surface area is 185 Å². The molecule has 0 heterocycles. The number of fused-ring (bicyclic) bond motifs is 1. The second-order valence-electron chi connectivity index (χ2n) is 10.5. The summed E-state index contributed by atoms with van der Waals surface area (Å²) in [6, 6.07) is 0. The Hall–Kier alpha value is -1.94. The summed E-state index contributed by atoms with van der Waals surface area (Å²) in [6.45, 7) is 5.59. The van der Waals surface area contributed by atoms with E-state index in [1.54, 1.807) is 0 Å². The van der Waals surface area contributed by atoms with Gasteiger partial charge in [0, 0.05) is 30.8 Å². The summed E-state index contributed by atoms with van der Waals surface area (Å²) in [4.78, 5) is 36.7. The monoisotopic (exact) mass is 455 g/mol. The van der Waals surface area contributed by atoms with Crippen LogP contribution in [0.3, 0.4) is 0 Å². The molecule has 5 fully saturated rings. The van der Waals surface area contributed by atoms with Crippen LogP contribution in [0.25, 0.3) is 0 Å². The highest BCUT2D eigenvalue weighted by atomic mass is 19.1. The molecule has 0 bridgehead atoms. The second kappa shape index (κ2) is 6.56. The van der Waals surface area contributed by atoms with E-state index < -0.39 is 53.5 Å². The lowest BCUT2D eigenvalue weighted by Crippen LogP contribution is -2.61. The molecule has 9 nitrogen and oxygen atoms in total. The molecule has 32 heavy (non-hydrogen) atoms. The normalized spacial score (nSPS) is 49.8. The summed E-state index contributed by atoms with van der Waals surface area (Å²) >= 11 is 0. The fourth-order valence-corrected chi connectivity index (χ4v) is 6.96. The van der Waals surface area contributed by atoms with Crippen LogP contribution >= 0.6 is 0 Å². The maximum Gasteiger partial charge on any atom is 0.511 e. The van der Waals surface area contributed by atoms with Crippen molar-refractivity contribution in [2.75, 3.05) is 6.61 Å². The van der Waals surface area contributed by atoms with Gasteiger partial charge in [0.1, 0.15) is 11.6 Å². The molecule has 0 aromatic heterocycles. The molecule has 5 saturated carbocycles. The van der Waals surface area contributed by atoms with E-state index in [-0.39, 0.29) is 24.5 Å². The van der Waals surface area contributed by atoms with Gasteiger partial charge in [0.25, 0.3) is 0 Å². The Morgan fingerprint density at radius 2 is 1.94 bits per heavy atom. The molecule has 3 N–H and O–H groups in total. The molecule has 0 aromatic carbocycles. The Bertz CT molecular complexity index is 884. The van der Waals surface area contributed by atoms with E-state index in [1.165, 1.54) is 13.3 Å². The highest BCUT2D eigenvalue weighted by molar-refractivity contribution is 5.91. The van der Waals surface area contributed by atoms with Crippen LogP contribution in [0.4, 0.5) is 9.18 Å². The first-order valence-electron chi connectivity index (χ1n) is 11.4. The first-order valence-corrected chi connectivity index (χ1v) is 11.4. The van der Waals surface area contributed by atoms with Crippen molar-refractivity contribution in [3.05, 3.63) is 0 Å². The second-order valence-corrected chi connectivity index (χ2v) is 10.5. The molecule has 1 spiro atoms. The Kier molecular flexibility index (Phi) is 4.49. The van der Waals surface area contributed by atoms with E-state index in [4.69, 9.17) is 24.7 Å². The molecule has 178 valence electrons. The molecule has 2 unspecified atom stereocenters. The van der Waals surface area contributed by atoms with Crippen LogP contribution in [-0.4, -0.2) is 59.5 Å². The summed E-state index contributed by atoms with van der Waals surface area (Å²) in [6.07, 6.45) is 0.335. The fraction of sp³-hybridized carbons (Fsp3) is 0.864. The molecule has 0 amide bonds. The van der Waals surface area contributed by atoms with Gasteiger partial charge in [-0.3, -0.25) is 0 Å². The Balaban J connectivity index is 1.20. The average molecular weight is 455 g/mol. The summed E-state index contributed by atoms with van der Waals surface area (Å²) in [5, 5.41) is 9.29. The van der Waals surface area contributed by atoms with Gasteiger partial charge < -0.3 is 29.8 Å². The van der Waals surface area contributed by atoms with Crippen molar-refractivity contribution in [3.8, 4) is 0 Å². The largest absolute Gasteiger partial charge is 0.511 e. The lowest BCUT2D eigenvalue weighted by atomic mass is 9.87. The third kappa shape index (κ3) is 2.65. The van der Waals surface area contributed by atoms with Crippen LogP contribution in [0.15, 0.2) is 0 Å². The highest BCUT2D eigenvalue weighted by Crippen LogP contribution is 2.89. The van der Waals surface area contributed by atoms with Crippen molar-refractivity contribution in [1.82, 2.24) is 0 Å². The predicted octanol–water partition coefficient (Wildman–Crippen LogP) is 2.15. The third-order valence-corrected chi connectivity index (χ3v) is 8.92. The minimum absolute atomic E-state index is 0.000470. The molecular weight excluding hydrogens is 425 g/mol. The number of hydrogen-bond acceptors (Lipinski definition) is 8. The molecule has 10 atom stereocenters. The third-order valence-electron chi connectivity index (χ3n) is 8.92. The smallest absolute Gasteiger partial charge is 0.479 e. The zero-order valence-electron chi connectivity index (χ0n) is 18.5. The minimum atomic E-state index is -2.60. The zero-order chi connectivity index (χ0) is 23.3. The number of carboxylic acid groups (broad SMARTS) is 1. The summed E-state index contributed by atoms with van der Waals surface area (Å²) < 4.78 is 36.4. The van der Waals surface area contributed by atoms with Crippen LogP contribution in [0, 0.1) is 28.6 Å². The van der Waals surface area contributed by atoms with Gasteiger partial charge in [-0.2, -0.15) is 0 Å². The summed E-state index contributed by atoms with van der Waals surface area (Å²) in [7, 11) is 0. The molecule has 5 aliphatic rings. The Morgan fingerprint density at radius 3 is 2.50 bits per heavy atom. The number of carbonyl (C=O) groups is 3. The van der Waals surface area contributed by atoms with Gasteiger partial charge in [0.15, 0.2) is 0 Å². The van der Waals surface area contributed by atoms with E-state index in [0.717, 1.165) is 12.8 Å². The van der Waals surface area contributed by atoms with Crippen LogP contribution in [0.1, 0.15) is 52.9 Å². The highest BCUT2D eigenvalue weighted by Gasteiger charge is 2.86. The van der Waals surface area contributed by atoms with Crippen LogP contribution in [-0.2, 0) is 28.5 Å². The van der Waals surface area contributed by atoms with Gasteiger partial charge >= 0.3 is 18.1 Å². The maximum atomic E-state index is 14.9. The fourth-order valence-electron chi connectivity index (χ4n) is 6.96. The first-order chi connectivity index (χ1) is 14.9. The number of nitrogens with two attached hydrogens (primary N) is 1. The number of rotatable bonds is 8. The van der Waals surface area contributed by atoms with Gasteiger partial charge in [0.05, 0.1) is 6.10 Å². The van der Waals surface area contributed by atoms with Crippen molar-refractivity contribution in [1.29, 1.82) is 0 Å². The number of aliphatic carboxylic acids is 1. The van der Waals surface area contributed by atoms with Crippen molar-refractivity contribution in [2.45, 2.75) is 82.6 Å². The number of alkyl halides is 1. The minimum Gasteiger partial charge on any atom is -0.479 e. The molecule has 0 radical (unpaired) electrons. The first kappa shape index (κ1) is 21.9. The Morgan fingerprint density at radius 1 is 1.22 bits per heavy atom. The zero-order valence-corrected chi connectivity index (χ0v) is 18.5. The number of halogens is 1. The predicted molar refractivity (Wildman–Crippen MR) is 105 cm³/mol. The van der Waals surface area contributed by atoms with Crippen LogP contribution < -0.4 is 5.73 Å². The lowest BCUT2D eigenvalue weighted by molar-refractivity contribution is -0.183. The van der Waals surface area contributed by atoms with Gasteiger partial charge in [-0.05, 0) is 43.4 Å². The maximum absolute atomic E-state index is 14.9. The van der Waals surface area contributed by atoms with Crippen molar-refractivity contribution >= 4 is 18.1 Å². The van der Waals surface area contributed by atoms with Crippen LogP contribution in [0.2, 0.25) is 0 Å². The number of hydrogen-bond donors (Lipinski definition) is 2. The van der Waals surface area contributed by atoms with Gasteiger partial charge in [0.2, 0.25) is 12.0 Å². The molecule has 0 aliphatic heterocycles. The standard InChI is InChI=1S/C22H30FNO8/c1-4-5-29-14-7-12-15(21(12,23)16(25)26)22(14,24)17(27)30-10(2)31-18(28)32-13-6-11-8-20(11)9-19(13,20)3/h10-15H,4-9,24H2,1-3H3,(H,25,26)/t10?,11-,12+,13-,14+,15-,19-,20?,21+,22-/m0/s1. The topological polar surface area (TPSA) is 134 Å². The van der Waals surface area contributed by atoms with Gasteiger partial charge in [-0.25, -0.2) is 18.8 Å². The molecular formula is C22H30FNO8. The number of ether oxygens (including phenoxy) is 4. The number of carboxylic acids is 1. The van der Waals surface area contributed by atoms with Gasteiger partial charge in [-0.1, -0.05) is 13.8 Å². The van der Waals surface area contributed by atoms with Crippen molar-refractivity contribution in [2.24, 2.45) is 34.3 Å². The molecule has 0 aromatic rings. The quantitative estimate of drug-likeness (QED) is 0.417. The summed E-state index contributed by atoms with van der Waals surface area (Å²) in [5.41, 5.74) is 2.05. The van der Waals surface area contributed by atoms with Crippen molar-refractivity contribution in [3.63, 3.8) is 0 Å². The lowest BCUT2D eigenvalue weighted by Gasteiger charge is -2.34. The molecule has 5 aliphatic carbocycles. The molecule has 0 saturated heterocycles. The molecule has 10 heteroatoms. The SMILES string of the molecule is CCCO[C@@H]1C[C@@H]2[C@H]([C@]1(N)C(=O)OC(C)OC(=O)O[C@H]1C[C@H]3CC34C[C@@]14C)[C@@]2(F)C(=O)O. The van der Waals surface area contributed by atoms with Gasteiger partial charge in [-0.15, -0.1) is 0 Å². The van der Waals surface area contributed by atoms with E-state index in [0.29, 0.717) is 17.8 Å². The average Bonchev–Trinajstić information content (AvgIpc) is 3.61. The number of esters is 1. The van der Waals surface area contributed by atoms with E-state index >= 15 is 0 Å². The van der Waals surface area contributed by atoms with Crippen molar-refractivity contribution < 1.29 is 42.8 Å². The summed E-state index contributed by atoms with van der Waals surface area (Å²) in [5.74, 6) is -4.29. The van der Waals surface area contributed by atoms with E-state index in [9.17, 15) is 23.9 Å². The van der Waals surface area contributed by atoms with E-state index in [1.807, 2.05) is 6.92 Å².